The highest BCUT2D eigenvalue weighted by Crippen LogP contribution is 2.32. The number of piperazine rings is 1. The maximum absolute atomic E-state index is 13.3. The van der Waals surface area contributed by atoms with Crippen LogP contribution in [0.15, 0.2) is 41.3 Å². The smallest absolute Gasteiger partial charge is 0.243 e. The molecule has 0 spiro atoms. The van der Waals surface area contributed by atoms with Gasteiger partial charge in [0.15, 0.2) is 11.6 Å². The van der Waals surface area contributed by atoms with Gasteiger partial charge in [-0.25, -0.2) is 18.4 Å². The number of anilines is 2. The summed E-state index contributed by atoms with van der Waals surface area (Å²) >= 11 is 6.17. The number of nitrogens with zero attached hydrogens (tertiary/aromatic N) is 4. The minimum atomic E-state index is -3.60. The van der Waals surface area contributed by atoms with Crippen LogP contribution in [0.25, 0.3) is 11.0 Å². The van der Waals surface area contributed by atoms with Crippen LogP contribution in [0.1, 0.15) is 24.0 Å². The minimum absolute atomic E-state index is 0.328. The van der Waals surface area contributed by atoms with E-state index in [4.69, 9.17) is 21.6 Å². The second-order valence-electron chi connectivity index (χ2n) is 8.56. The number of sulfonamides is 1. The van der Waals surface area contributed by atoms with E-state index in [-0.39, 0.29) is 0 Å². The Labute approximate surface area is 193 Å². The van der Waals surface area contributed by atoms with Crippen molar-refractivity contribution in [3.05, 3.63) is 52.5 Å². The van der Waals surface area contributed by atoms with Crippen molar-refractivity contribution in [1.82, 2.24) is 14.3 Å². The van der Waals surface area contributed by atoms with Crippen LogP contribution in [0.5, 0.6) is 0 Å². The quantitative estimate of drug-likeness (QED) is 0.606. The van der Waals surface area contributed by atoms with Gasteiger partial charge in [0.1, 0.15) is 0 Å². The zero-order valence-corrected chi connectivity index (χ0v) is 19.7. The average Bonchev–Trinajstić information content (AvgIpc) is 3.60. The maximum atomic E-state index is 13.3. The van der Waals surface area contributed by atoms with E-state index in [1.807, 2.05) is 31.2 Å². The molecule has 0 bridgehead atoms. The van der Waals surface area contributed by atoms with Crippen molar-refractivity contribution in [3.8, 4) is 0 Å². The highest BCUT2D eigenvalue weighted by molar-refractivity contribution is 7.89. The van der Waals surface area contributed by atoms with Gasteiger partial charge in [0.05, 0.1) is 15.9 Å². The summed E-state index contributed by atoms with van der Waals surface area (Å²) in [5.74, 6) is 1.58. The zero-order valence-electron chi connectivity index (χ0n) is 18.2. The van der Waals surface area contributed by atoms with Crippen molar-refractivity contribution < 1.29 is 8.42 Å². The Morgan fingerprint density at radius 3 is 2.28 bits per heavy atom. The van der Waals surface area contributed by atoms with E-state index in [1.54, 1.807) is 23.4 Å². The molecule has 32 heavy (non-hydrogen) atoms. The number of aryl methyl sites for hydroxylation is 2. The first-order valence-corrected chi connectivity index (χ1v) is 12.7. The number of benzene rings is 2. The van der Waals surface area contributed by atoms with E-state index in [2.05, 4.69) is 10.2 Å². The first kappa shape index (κ1) is 21.4. The summed E-state index contributed by atoms with van der Waals surface area (Å²) in [4.78, 5) is 12.2. The Bertz CT molecular complexity index is 1290. The van der Waals surface area contributed by atoms with E-state index in [9.17, 15) is 8.42 Å². The summed E-state index contributed by atoms with van der Waals surface area (Å²) in [6.07, 6.45) is 2.28. The van der Waals surface area contributed by atoms with Gasteiger partial charge in [-0.1, -0.05) is 23.7 Å². The lowest BCUT2D eigenvalue weighted by Gasteiger charge is -2.35. The zero-order chi connectivity index (χ0) is 22.5. The number of para-hydroxylation sites is 2. The first-order valence-electron chi connectivity index (χ1n) is 10.9. The van der Waals surface area contributed by atoms with Crippen LogP contribution in [-0.4, -0.2) is 54.9 Å². The van der Waals surface area contributed by atoms with Crippen molar-refractivity contribution in [2.24, 2.45) is 0 Å². The maximum Gasteiger partial charge on any atom is 0.243 e. The molecule has 0 unspecified atom stereocenters. The summed E-state index contributed by atoms with van der Waals surface area (Å²) in [6, 6.07) is 11.7. The molecule has 9 heteroatoms. The van der Waals surface area contributed by atoms with Gasteiger partial charge in [-0.05, 0) is 62.1 Å². The van der Waals surface area contributed by atoms with Crippen molar-refractivity contribution in [3.63, 3.8) is 0 Å². The van der Waals surface area contributed by atoms with Crippen LogP contribution in [0.4, 0.5) is 11.6 Å². The predicted molar refractivity (Wildman–Crippen MR) is 128 cm³/mol. The number of rotatable bonds is 5. The third-order valence-corrected chi connectivity index (χ3v) is 8.53. The molecule has 168 valence electrons. The lowest BCUT2D eigenvalue weighted by molar-refractivity contribution is 0.383. The predicted octanol–water partition coefficient (Wildman–Crippen LogP) is 3.99. The summed E-state index contributed by atoms with van der Waals surface area (Å²) in [5, 5.41) is 4.08. The molecule has 0 atom stereocenters. The molecule has 1 aromatic heterocycles. The molecule has 1 aliphatic heterocycles. The van der Waals surface area contributed by atoms with Crippen LogP contribution in [0.2, 0.25) is 5.02 Å². The number of halogens is 1. The van der Waals surface area contributed by atoms with Crippen LogP contribution >= 0.6 is 11.6 Å². The molecule has 2 heterocycles. The molecule has 1 saturated carbocycles. The molecule has 2 aromatic carbocycles. The third kappa shape index (κ3) is 4.02. The Morgan fingerprint density at radius 2 is 1.62 bits per heavy atom. The van der Waals surface area contributed by atoms with Gasteiger partial charge >= 0.3 is 0 Å². The first-order chi connectivity index (χ1) is 15.3. The molecule has 3 aromatic rings. The monoisotopic (exact) mass is 471 g/mol. The van der Waals surface area contributed by atoms with E-state index >= 15 is 0 Å². The van der Waals surface area contributed by atoms with Crippen LogP contribution < -0.4 is 10.2 Å². The molecule has 0 amide bonds. The van der Waals surface area contributed by atoms with Crippen LogP contribution in [-0.2, 0) is 10.0 Å². The molecular weight excluding hydrogens is 446 g/mol. The molecule has 1 saturated heterocycles. The Hall–Kier alpha value is -2.42. The Kier molecular flexibility index (Phi) is 5.47. The van der Waals surface area contributed by atoms with Gasteiger partial charge in [-0.2, -0.15) is 4.31 Å². The molecule has 2 aliphatic rings. The van der Waals surface area contributed by atoms with Gasteiger partial charge in [-0.3, -0.25) is 0 Å². The van der Waals surface area contributed by atoms with Gasteiger partial charge in [0.2, 0.25) is 10.0 Å². The van der Waals surface area contributed by atoms with Gasteiger partial charge in [0, 0.05) is 37.2 Å². The average molecular weight is 472 g/mol. The second kappa shape index (κ2) is 8.17. The second-order valence-corrected chi connectivity index (χ2v) is 10.9. The molecule has 5 rings (SSSR count). The van der Waals surface area contributed by atoms with E-state index in [1.165, 1.54) is 0 Å². The molecule has 1 aliphatic carbocycles. The van der Waals surface area contributed by atoms with Crippen molar-refractivity contribution >= 4 is 44.3 Å². The minimum Gasteiger partial charge on any atom is -0.364 e. The van der Waals surface area contributed by atoms with E-state index in [0.29, 0.717) is 47.7 Å². The van der Waals surface area contributed by atoms with Crippen molar-refractivity contribution in [2.45, 2.75) is 37.6 Å². The van der Waals surface area contributed by atoms with Crippen LogP contribution in [0.3, 0.4) is 0 Å². The van der Waals surface area contributed by atoms with Crippen molar-refractivity contribution in [2.75, 3.05) is 36.4 Å². The lowest BCUT2D eigenvalue weighted by atomic mass is 10.2. The van der Waals surface area contributed by atoms with E-state index in [0.717, 1.165) is 41.1 Å². The topological polar surface area (TPSA) is 78.4 Å². The number of aromatic nitrogens is 2. The fourth-order valence-corrected chi connectivity index (χ4v) is 5.97. The highest BCUT2D eigenvalue weighted by Gasteiger charge is 2.32. The fraction of sp³-hybridized carbons (Fsp3) is 0.391. The van der Waals surface area contributed by atoms with E-state index < -0.39 is 10.0 Å². The largest absolute Gasteiger partial charge is 0.364 e. The standard InChI is InChI=1S/C23H26ClN5O2S/c1-15-14-21(16(2)13-18(15)24)32(30,31)29-11-9-28(10-12-29)23-22(25-17-7-8-17)26-19-5-3-4-6-20(19)27-23/h3-6,13-14,17H,7-12H2,1-2H3,(H,25,26). The number of fused-ring (bicyclic) bond motifs is 1. The van der Waals surface area contributed by atoms with Gasteiger partial charge in [0.25, 0.3) is 0 Å². The third-order valence-electron chi connectivity index (χ3n) is 6.08. The Balaban J connectivity index is 1.40. The highest BCUT2D eigenvalue weighted by atomic mass is 35.5. The fourth-order valence-electron chi connectivity index (χ4n) is 4.04. The van der Waals surface area contributed by atoms with Crippen LogP contribution in [0, 0.1) is 13.8 Å². The summed E-state index contributed by atoms with van der Waals surface area (Å²) in [7, 11) is -3.60. The number of nitrogens with one attached hydrogen (secondary N) is 1. The summed E-state index contributed by atoms with van der Waals surface area (Å²) in [6.45, 7) is 5.50. The molecule has 7 nitrogen and oxygen atoms in total. The molecule has 1 N–H and O–H groups in total. The Morgan fingerprint density at radius 1 is 0.969 bits per heavy atom. The van der Waals surface area contributed by atoms with Gasteiger partial charge in [-0.15, -0.1) is 0 Å². The summed E-state index contributed by atoms with van der Waals surface area (Å²) < 4.78 is 28.2. The van der Waals surface area contributed by atoms with Gasteiger partial charge < -0.3 is 10.2 Å². The van der Waals surface area contributed by atoms with Crippen molar-refractivity contribution in [1.29, 1.82) is 0 Å². The number of hydrogen-bond acceptors (Lipinski definition) is 6. The molecule has 0 radical (unpaired) electrons. The normalized spacial score (nSPS) is 17.7. The SMILES string of the molecule is Cc1cc(S(=O)(=O)N2CCN(c3nc4ccccc4nc3NC3CC3)CC2)c(C)cc1Cl. The summed E-state index contributed by atoms with van der Waals surface area (Å²) in [5.41, 5.74) is 3.12. The molecular formula is C23H26ClN5O2S. The lowest BCUT2D eigenvalue weighted by Crippen LogP contribution is -2.49. The number of hydrogen-bond donors (Lipinski definition) is 1. The molecule has 2 fully saturated rings.